The first-order valence-corrected chi connectivity index (χ1v) is 11.8. The molecule has 1 atom stereocenters. The van der Waals surface area contributed by atoms with Crippen molar-refractivity contribution in [2.45, 2.75) is 31.9 Å². The van der Waals surface area contributed by atoms with E-state index in [9.17, 15) is 4.79 Å². The lowest BCUT2D eigenvalue weighted by atomic mass is 9.94. The summed E-state index contributed by atoms with van der Waals surface area (Å²) in [5.74, 6) is 1.57. The number of thiophene rings is 1. The van der Waals surface area contributed by atoms with Crippen LogP contribution in [0.15, 0.2) is 43.1 Å². The molecule has 0 saturated carbocycles. The summed E-state index contributed by atoms with van der Waals surface area (Å²) in [6.07, 6.45) is 8.57. The lowest BCUT2D eigenvalue weighted by molar-refractivity contribution is 0.0896. The Morgan fingerprint density at radius 2 is 2.26 bits per heavy atom. The van der Waals surface area contributed by atoms with Gasteiger partial charge in [0.25, 0.3) is 0 Å². The van der Waals surface area contributed by atoms with Crippen molar-refractivity contribution in [2.24, 2.45) is 7.05 Å². The predicted octanol–water partition coefficient (Wildman–Crippen LogP) is 3.83. The molecule has 10 nitrogen and oxygen atoms in total. The van der Waals surface area contributed by atoms with E-state index < -0.39 is 6.09 Å². The van der Waals surface area contributed by atoms with E-state index in [1.54, 1.807) is 30.1 Å². The number of carbonyl (C=O) groups is 1. The zero-order valence-corrected chi connectivity index (χ0v) is 19.2. The van der Waals surface area contributed by atoms with Crippen LogP contribution in [0.25, 0.3) is 21.1 Å². The van der Waals surface area contributed by atoms with Gasteiger partial charge in [-0.15, -0.1) is 11.3 Å². The number of nitrogens with zero attached hydrogens (tertiary/aromatic N) is 5. The number of carbonyl (C=O) groups excluding carboxylic acids is 1. The van der Waals surface area contributed by atoms with Crippen molar-refractivity contribution in [2.75, 3.05) is 5.32 Å². The maximum atomic E-state index is 12.3. The average molecular weight is 475 g/mol. The SMILES string of the molecule is Cn1ccnc1CNC(=O)OC1CCc2c(sc3ncnc(Nc4ccc5[nH]ncc5c4)c23)C1. The molecule has 172 valence electrons. The molecule has 5 aromatic rings. The molecule has 34 heavy (non-hydrogen) atoms. The van der Waals surface area contributed by atoms with Gasteiger partial charge in [-0.1, -0.05) is 0 Å². The zero-order valence-electron chi connectivity index (χ0n) is 18.4. The van der Waals surface area contributed by atoms with E-state index in [1.165, 1.54) is 10.4 Å². The number of imidazole rings is 1. The molecule has 0 saturated heterocycles. The molecule has 3 N–H and O–H groups in total. The first-order valence-electron chi connectivity index (χ1n) is 11.0. The summed E-state index contributed by atoms with van der Waals surface area (Å²) in [5.41, 5.74) is 3.16. The first-order chi connectivity index (χ1) is 16.6. The smallest absolute Gasteiger partial charge is 0.407 e. The standard InChI is InChI=1S/C23H22N8O2S/c1-31-7-6-24-19(31)11-25-23(32)33-15-3-4-16-18(9-15)34-22-20(16)21(26-12-27-22)29-14-2-5-17-13(8-14)10-28-30-17/h2,5-8,10,12,15H,3-4,9,11H2,1H3,(H,25,32)(H,28,30)(H,26,27,29). The maximum Gasteiger partial charge on any atom is 0.407 e. The van der Waals surface area contributed by atoms with E-state index in [1.807, 2.05) is 36.0 Å². The summed E-state index contributed by atoms with van der Waals surface area (Å²) in [4.78, 5) is 27.7. The molecule has 4 aromatic heterocycles. The second-order valence-electron chi connectivity index (χ2n) is 8.28. The summed E-state index contributed by atoms with van der Waals surface area (Å²) >= 11 is 1.64. The molecule has 1 aliphatic rings. The van der Waals surface area contributed by atoms with Gasteiger partial charge in [-0.3, -0.25) is 5.10 Å². The van der Waals surface area contributed by atoms with Crippen LogP contribution in [0.1, 0.15) is 22.7 Å². The highest BCUT2D eigenvalue weighted by atomic mass is 32.1. The van der Waals surface area contributed by atoms with Crippen LogP contribution in [0.4, 0.5) is 16.3 Å². The number of anilines is 2. The highest BCUT2D eigenvalue weighted by Crippen LogP contribution is 2.39. The fraction of sp³-hybridized carbons (Fsp3) is 0.261. The number of aryl methyl sites for hydroxylation is 2. The molecule has 1 aliphatic carbocycles. The Hall–Kier alpha value is -3.99. The van der Waals surface area contributed by atoms with Gasteiger partial charge >= 0.3 is 6.09 Å². The Balaban J connectivity index is 1.18. The second kappa shape index (κ2) is 8.41. The normalized spacial score (nSPS) is 15.4. The summed E-state index contributed by atoms with van der Waals surface area (Å²) < 4.78 is 7.57. The second-order valence-corrected chi connectivity index (χ2v) is 9.36. The highest BCUT2D eigenvalue weighted by Gasteiger charge is 2.27. The Kier molecular flexibility index (Phi) is 5.10. The number of H-pyrrole nitrogens is 1. The van der Waals surface area contributed by atoms with Crippen molar-refractivity contribution in [3.05, 3.63) is 59.4 Å². The lowest BCUT2D eigenvalue weighted by Gasteiger charge is -2.22. The van der Waals surface area contributed by atoms with Crippen molar-refractivity contribution in [3.63, 3.8) is 0 Å². The van der Waals surface area contributed by atoms with Gasteiger partial charge in [0, 0.05) is 41.8 Å². The number of rotatable bonds is 5. The lowest BCUT2D eigenvalue weighted by Crippen LogP contribution is -2.32. The third-order valence-corrected chi connectivity index (χ3v) is 7.25. The average Bonchev–Trinajstić information content (AvgIpc) is 3.55. The van der Waals surface area contributed by atoms with Crippen LogP contribution < -0.4 is 10.6 Å². The molecule has 0 aliphatic heterocycles. The number of ether oxygens (including phenoxy) is 1. The van der Waals surface area contributed by atoms with Crippen LogP contribution in [-0.4, -0.2) is 41.9 Å². The third kappa shape index (κ3) is 3.83. The van der Waals surface area contributed by atoms with E-state index in [-0.39, 0.29) is 6.10 Å². The van der Waals surface area contributed by atoms with E-state index in [0.717, 1.165) is 51.3 Å². The Labute approximate surface area is 198 Å². The summed E-state index contributed by atoms with van der Waals surface area (Å²) in [5, 5.41) is 15.4. The molecule has 0 bridgehead atoms. The molecule has 1 amide bonds. The Morgan fingerprint density at radius 1 is 1.32 bits per heavy atom. The molecule has 0 spiro atoms. The minimum atomic E-state index is -0.422. The molecular weight excluding hydrogens is 452 g/mol. The number of alkyl carbamates (subject to hydrolysis) is 1. The van der Waals surface area contributed by atoms with E-state index in [4.69, 9.17) is 4.74 Å². The largest absolute Gasteiger partial charge is 0.446 e. The van der Waals surface area contributed by atoms with Crippen molar-refractivity contribution in [1.82, 2.24) is 35.0 Å². The molecule has 0 fully saturated rings. The number of hydrogen-bond donors (Lipinski definition) is 3. The van der Waals surface area contributed by atoms with Crippen LogP contribution in [0.2, 0.25) is 0 Å². The molecule has 11 heteroatoms. The number of amides is 1. The quantitative estimate of drug-likeness (QED) is 0.354. The minimum Gasteiger partial charge on any atom is -0.446 e. The summed E-state index contributed by atoms with van der Waals surface area (Å²) in [6, 6.07) is 6.03. The number of fused-ring (bicyclic) bond motifs is 4. The molecular formula is C23H22N8O2S. The van der Waals surface area contributed by atoms with Gasteiger partial charge in [0.15, 0.2) is 0 Å². The Bertz CT molecular complexity index is 1500. The zero-order chi connectivity index (χ0) is 23.1. The van der Waals surface area contributed by atoms with Crippen LogP contribution in [0, 0.1) is 0 Å². The van der Waals surface area contributed by atoms with Crippen molar-refractivity contribution >= 4 is 50.1 Å². The van der Waals surface area contributed by atoms with Crippen LogP contribution >= 0.6 is 11.3 Å². The fourth-order valence-corrected chi connectivity index (χ4v) is 5.60. The number of nitrogens with one attached hydrogen (secondary N) is 3. The van der Waals surface area contributed by atoms with Crippen LogP contribution in [-0.2, 0) is 31.2 Å². The van der Waals surface area contributed by atoms with E-state index in [0.29, 0.717) is 13.0 Å². The Morgan fingerprint density at radius 3 is 3.15 bits per heavy atom. The molecule has 4 heterocycles. The van der Waals surface area contributed by atoms with Gasteiger partial charge in [-0.05, 0) is 36.6 Å². The number of hydrogen-bond acceptors (Lipinski definition) is 8. The monoisotopic (exact) mass is 474 g/mol. The van der Waals surface area contributed by atoms with Crippen molar-refractivity contribution in [1.29, 1.82) is 0 Å². The maximum absolute atomic E-state index is 12.3. The molecule has 1 unspecified atom stereocenters. The van der Waals surface area contributed by atoms with Gasteiger partial charge in [0.1, 0.15) is 28.9 Å². The highest BCUT2D eigenvalue weighted by molar-refractivity contribution is 7.19. The van der Waals surface area contributed by atoms with Crippen LogP contribution in [0.3, 0.4) is 0 Å². The van der Waals surface area contributed by atoms with Crippen LogP contribution in [0.5, 0.6) is 0 Å². The van der Waals surface area contributed by atoms with Gasteiger partial charge in [-0.2, -0.15) is 5.10 Å². The first kappa shape index (κ1) is 20.6. The van der Waals surface area contributed by atoms with Gasteiger partial charge < -0.3 is 19.9 Å². The molecule has 0 radical (unpaired) electrons. The third-order valence-electron chi connectivity index (χ3n) is 6.09. The minimum absolute atomic E-state index is 0.171. The van der Waals surface area contributed by atoms with Gasteiger partial charge in [-0.25, -0.2) is 19.7 Å². The fourth-order valence-electron chi connectivity index (χ4n) is 4.34. The summed E-state index contributed by atoms with van der Waals surface area (Å²) in [7, 11) is 1.89. The summed E-state index contributed by atoms with van der Waals surface area (Å²) in [6.45, 7) is 0.332. The molecule has 1 aromatic carbocycles. The number of aromatic nitrogens is 6. The van der Waals surface area contributed by atoms with Crippen molar-refractivity contribution in [3.8, 4) is 0 Å². The van der Waals surface area contributed by atoms with Gasteiger partial charge in [0.2, 0.25) is 0 Å². The topological polar surface area (TPSA) is 123 Å². The van der Waals surface area contributed by atoms with Gasteiger partial charge in [0.05, 0.1) is 23.6 Å². The van der Waals surface area contributed by atoms with Crippen molar-refractivity contribution < 1.29 is 9.53 Å². The predicted molar refractivity (Wildman–Crippen MR) is 129 cm³/mol. The number of aromatic amines is 1. The van der Waals surface area contributed by atoms with E-state index >= 15 is 0 Å². The van der Waals surface area contributed by atoms with E-state index in [2.05, 4.69) is 35.8 Å². The molecule has 6 rings (SSSR count). The number of benzene rings is 1.